The van der Waals surface area contributed by atoms with E-state index in [9.17, 15) is 9.59 Å². The highest BCUT2D eigenvalue weighted by atomic mass is 16.2. The summed E-state index contributed by atoms with van der Waals surface area (Å²) in [5.74, 6) is -0.694. The molecule has 1 aliphatic carbocycles. The third-order valence-electron chi connectivity index (χ3n) is 5.25. The molecule has 0 spiro atoms. The summed E-state index contributed by atoms with van der Waals surface area (Å²) in [6, 6.07) is 24.5. The Bertz CT molecular complexity index is 981. The lowest BCUT2D eigenvalue weighted by molar-refractivity contribution is -0.130. The molecule has 4 rings (SSSR count). The van der Waals surface area contributed by atoms with E-state index < -0.39 is 11.8 Å². The molecule has 3 aromatic rings. The van der Waals surface area contributed by atoms with Gasteiger partial charge in [-0.2, -0.15) is 0 Å². The predicted molar refractivity (Wildman–Crippen MR) is 118 cm³/mol. The molecule has 1 heterocycles. The van der Waals surface area contributed by atoms with Crippen LogP contribution in [0.2, 0.25) is 0 Å². The number of hydrogen-bond acceptors (Lipinski definition) is 3. The third kappa shape index (κ3) is 4.30. The number of nitrogens with one attached hydrogen (secondary N) is 1. The van der Waals surface area contributed by atoms with E-state index in [0.717, 1.165) is 11.4 Å². The number of pyridine rings is 1. The van der Waals surface area contributed by atoms with Gasteiger partial charge in [-0.25, -0.2) is 4.98 Å². The molecule has 0 saturated carbocycles. The van der Waals surface area contributed by atoms with Crippen LogP contribution >= 0.6 is 0 Å². The smallest absolute Gasteiger partial charge is 0.235 e. The largest absolute Gasteiger partial charge is 0.310 e. The molecule has 2 atom stereocenters. The second-order valence-corrected chi connectivity index (χ2v) is 7.20. The monoisotopic (exact) mass is 397 g/mol. The number of carbonyl (C=O) groups excluding carboxylic acids is 2. The van der Waals surface area contributed by atoms with Crippen LogP contribution < -0.4 is 10.2 Å². The molecule has 2 aromatic carbocycles. The van der Waals surface area contributed by atoms with Crippen molar-refractivity contribution in [2.45, 2.75) is 12.8 Å². The van der Waals surface area contributed by atoms with Gasteiger partial charge < -0.3 is 5.32 Å². The van der Waals surface area contributed by atoms with Crippen LogP contribution in [-0.2, 0) is 9.59 Å². The zero-order valence-corrected chi connectivity index (χ0v) is 16.5. The molecule has 0 saturated heterocycles. The lowest BCUT2D eigenvalue weighted by atomic mass is 9.81. The number of hydrogen-bond donors (Lipinski definition) is 1. The number of nitrogens with zero attached hydrogens (tertiary/aromatic N) is 2. The first-order chi connectivity index (χ1) is 14.7. The molecule has 0 bridgehead atoms. The molecule has 1 N–H and O–H groups in total. The van der Waals surface area contributed by atoms with Crippen LogP contribution in [0.1, 0.15) is 12.8 Å². The highest BCUT2D eigenvalue weighted by molar-refractivity contribution is 6.05. The summed E-state index contributed by atoms with van der Waals surface area (Å²) < 4.78 is 0. The van der Waals surface area contributed by atoms with Crippen molar-refractivity contribution in [1.82, 2.24) is 4.98 Å². The van der Waals surface area contributed by atoms with E-state index in [-0.39, 0.29) is 11.8 Å². The summed E-state index contributed by atoms with van der Waals surface area (Å²) in [6.45, 7) is 0. The molecule has 30 heavy (non-hydrogen) atoms. The lowest BCUT2D eigenvalue weighted by Gasteiger charge is -2.32. The van der Waals surface area contributed by atoms with Crippen molar-refractivity contribution in [2.24, 2.45) is 11.8 Å². The van der Waals surface area contributed by atoms with E-state index >= 15 is 0 Å². The fraction of sp³-hybridized carbons (Fsp3) is 0.160. The summed E-state index contributed by atoms with van der Waals surface area (Å²) in [5.41, 5.74) is 1.57. The van der Waals surface area contributed by atoms with Gasteiger partial charge in [-0.15, -0.1) is 0 Å². The van der Waals surface area contributed by atoms with Gasteiger partial charge >= 0.3 is 0 Å². The molecular weight excluding hydrogens is 374 g/mol. The summed E-state index contributed by atoms with van der Waals surface area (Å²) in [6.07, 6.45) is 6.64. The van der Waals surface area contributed by atoms with Crippen molar-refractivity contribution in [1.29, 1.82) is 0 Å². The fourth-order valence-corrected chi connectivity index (χ4v) is 3.76. The average Bonchev–Trinajstić information content (AvgIpc) is 2.81. The van der Waals surface area contributed by atoms with Gasteiger partial charge in [0.2, 0.25) is 11.8 Å². The van der Waals surface area contributed by atoms with Gasteiger partial charge in [-0.05, 0) is 49.2 Å². The predicted octanol–water partition coefficient (Wildman–Crippen LogP) is 4.97. The molecule has 0 aliphatic heterocycles. The normalized spacial score (nSPS) is 17.9. The Morgan fingerprint density at radius 2 is 1.33 bits per heavy atom. The van der Waals surface area contributed by atoms with Crippen molar-refractivity contribution < 1.29 is 9.59 Å². The SMILES string of the molecule is O=C(Nc1ccccn1)C1CC=CCC1C(=O)N(c1ccccc1)c1ccccc1. The Kier molecular flexibility index (Phi) is 5.99. The van der Waals surface area contributed by atoms with E-state index in [1.165, 1.54) is 0 Å². The minimum Gasteiger partial charge on any atom is -0.310 e. The molecule has 0 fully saturated rings. The minimum atomic E-state index is -0.459. The number of amides is 2. The van der Waals surface area contributed by atoms with E-state index in [1.807, 2.05) is 78.9 Å². The van der Waals surface area contributed by atoms with Gasteiger partial charge in [0.1, 0.15) is 5.82 Å². The van der Waals surface area contributed by atoms with Crippen molar-refractivity contribution in [3.8, 4) is 0 Å². The first kappa shape index (κ1) is 19.6. The Balaban J connectivity index is 1.64. The molecule has 2 unspecified atom stereocenters. The molecular formula is C25H23N3O2. The number of para-hydroxylation sites is 2. The van der Waals surface area contributed by atoms with Crippen LogP contribution in [0.25, 0.3) is 0 Å². The molecule has 0 radical (unpaired) electrons. The second-order valence-electron chi connectivity index (χ2n) is 7.20. The first-order valence-corrected chi connectivity index (χ1v) is 10.0. The first-order valence-electron chi connectivity index (χ1n) is 10.0. The number of allylic oxidation sites excluding steroid dienone is 2. The van der Waals surface area contributed by atoms with Crippen molar-refractivity contribution >= 4 is 29.0 Å². The third-order valence-corrected chi connectivity index (χ3v) is 5.25. The molecule has 5 nitrogen and oxygen atoms in total. The van der Waals surface area contributed by atoms with Crippen LogP contribution in [0.3, 0.4) is 0 Å². The van der Waals surface area contributed by atoms with Crippen molar-refractivity contribution in [2.75, 3.05) is 10.2 Å². The van der Waals surface area contributed by atoms with Gasteiger partial charge in [0, 0.05) is 17.6 Å². The topological polar surface area (TPSA) is 62.3 Å². The standard InChI is InChI=1S/C25H23N3O2/c29-24(27-23-17-9-10-18-26-23)21-15-7-8-16-22(21)25(30)28(19-11-3-1-4-12-19)20-13-5-2-6-14-20/h1-14,17-18,21-22H,15-16H2,(H,26,27,29). The van der Waals surface area contributed by atoms with E-state index in [2.05, 4.69) is 10.3 Å². The average molecular weight is 397 g/mol. The van der Waals surface area contributed by atoms with E-state index in [0.29, 0.717) is 18.7 Å². The number of rotatable bonds is 5. The maximum absolute atomic E-state index is 13.8. The lowest BCUT2D eigenvalue weighted by Crippen LogP contribution is -2.41. The fourth-order valence-electron chi connectivity index (χ4n) is 3.76. The Labute approximate surface area is 176 Å². The Morgan fingerprint density at radius 3 is 1.90 bits per heavy atom. The molecule has 5 heteroatoms. The maximum atomic E-state index is 13.8. The molecule has 1 aliphatic rings. The zero-order valence-electron chi connectivity index (χ0n) is 16.5. The maximum Gasteiger partial charge on any atom is 0.235 e. The van der Waals surface area contributed by atoms with Crippen LogP contribution in [0.15, 0.2) is 97.2 Å². The van der Waals surface area contributed by atoms with Gasteiger partial charge in [0.05, 0.1) is 11.8 Å². The van der Waals surface area contributed by atoms with Crippen LogP contribution in [0.5, 0.6) is 0 Å². The zero-order chi connectivity index (χ0) is 20.8. The number of benzene rings is 2. The van der Waals surface area contributed by atoms with Gasteiger partial charge in [0.15, 0.2) is 0 Å². The minimum absolute atomic E-state index is 0.0853. The number of anilines is 3. The van der Waals surface area contributed by atoms with Crippen LogP contribution in [0, 0.1) is 11.8 Å². The highest BCUT2D eigenvalue weighted by Crippen LogP contribution is 2.34. The summed E-state index contributed by atoms with van der Waals surface area (Å²) in [4.78, 5) is 32.7. The summed E-state index contributed by atoms with van der Waals surface area (Å²) in [7, 11) is 0. The second kappa shape index (κ2) is 9.18. The van der Waals surface area contributed by atoms with Crippen LogP contribution in [0.4, 0.5) is 17.2 Å². The van der Waals surface area contributed by atoms with Crippen LogP contribution in [-0.4, -0.2) is 16.8 Å². The Hall–Kier alpha value is -3.73. The van der Waals surface area contributed by atoms with E-state index in [1.54, 1.807) is 23.2 Å². The van der Waals surface area contributed by atoms with Gasteiger partial charge in [-0.1, -0.05) is 54.6 Å². The molecule has 150 valence electrons. The molecule has 2 amide bonds. The quantitative estimate of drug-likeness (QED) is 0.619. The molecule has 1 aromatic heterocycles. The number of carbonyl (C=O) groups is 2. The Morgan fingerprint density at radius 1 is 0.767 bits per heavy atom. The van der Waals surface area contributed by atoms with Gasteiger partial charge in [0.25, 0.3) is 0 Å². The van der Waals surface area contributed by atoms with E-state index in [4.69, 9.17) is 0 Å². The summed E-state index contributed by atoms with van der Waals surface area (Å²) in [5, 5.41) is 2.86. The van der Waals surface area contributed by atoms with Crippen molar-refractivity contribution in [3.05, 3.63) is 97.2 Å². The summed E-state index contributed by atoms with van der Waals surface area (Å²) >= 11 is 0. The number of aromatic nitrogens is 1. The van der Waals surface area contributed by atoms with Crippen molar-refractivity contribution in [3.63, 3.8) is 0 Å². The highest BCUT2D eigenvalue weighted by Gasteiger charge is 2.37. The van der Waals surface area contributed by atoms with Gasteiger partial charge in [-0.3, -0.25) is 14.5 Å².